The summed E-state index contributed by atoms with van der Waals surface area (Å²) in [6, 6.07) is 6.86. The fraction of sp³-hybridized carbons (Fsp3) is 0.571. The molecule has 0 unspecified atom stereocenters. The van der Waals surface area contributed by atoms with Gasteiger partial charge in [0.2, 0.25) is 10.0 Å². The van der Waals surface area contributed by atoms with Crippen LogP contribution < -0.4 is 15.4 Å². The Hall–Kier alpha value is -1.11. The van der Waals surface area contributed by atoms with Gasteiger partial charge in [-0.1, -0.05) is 13.8 Å². The molecule has 5 nitrogen and oxygen atoms in total. The Morgan fingerprint density at radius 1 is 1.00 bits per heavy atom. The maximum Gasteiger partial charge on any atom is 0.240 e. The molecule has 0 aliphatic heterocycles. The van der Waals surface area contributed by atoms with Crippen molar-refractivity contribution < 1.29 is 8.42 Å². The number of benzene rings is 1. The van der Waals surface area contributed by atoms with Gasteiger partial charge in [0.05, 0.1) is 4.90 Å². The van der Waals surface area contributed by atoms with Crippen LogP contribution in [0.4, 0.5) is 5.69 Å². The van der Waals surface area contributed by atoms with Gasteiger partial charge >= 0.3 is 0 Å². The molecule has 1 rings (SSSR count). The molecule has 0 aromatic heterocycles. The van der Waals surface area contributed by atoms with E-state index in [4.69, 9.17) is 0 Å². The lowest BCUT2D eigenvalue weighted by molar-refractivity contribution is 0.581. The Bertz CT molecular complexity index is 472. The van der Waals surface area contributed by atoms with Gasteiger partial charge in [-0.05, 0) is 50.2 Å². The van der Waals surface area contributed by atoms with Crippen LogP contribution in [-0.2, 0) is 10.0 Å². The smallest absolute Gasteiger partial charge is 0.240 e. The maximum atomic E-state index is 11.9. The van der Waals surface area contributed by atoms with Crippen LogP contribution in [0.25, 0.3) is 0 Å². The number of anilines is 1. The maximum absolute atomic E-state index is 11.9. The Morgan fingerprint density at radius 2 is 1.70 bits per heavy atom. The largest absolute Gasteiger partial charge is 0.385 e. The zero-order valence-corrected chi connectivity index (χ0v) is 13.1. The zero-order valence-electron chi connectivity index (χ0n) is 12.3. The minimum atomic E-state index is -3.36. The van der Waals surface area contributed by atoms with Crippen molar-refractivity contribution in [1.82, 2.24) is 10.0 Å². The van der Waals surface area contributed by atoms with Gasteiger partial charge in [0, 0.05) is 18.8 Å². The van der Waals surface area contributed by atoms with E-state index in [-0.39, 0.29) is 0 Å². The fourth-order valence-corrected chi connectivity index (χ4v) is 2.83. The first-order valence-corrected chi connectivity index (χ1v) is 8.62. The third-order valence-electron chi connectivity index (χ3n) is 2.82. The average Bonchev–Trinajstić information content (AvgIpc) is 2.45. The van der Waals surface area contributed by atoms with E-state index >= 15 is 0 Å². The molecule has 0 bridgehead atoms. The van der Waals surface area contributed by atoms with Crippen molar-refractivity contribution in [1.29, 1.82) is 0 Å². The monoisotopic (exact) mass is 299 g/mol. The zero-order chi connectivity index (χ0) is 14.8. The number of rotatable bonds is 10. The van der Waals surface area contributed by atoms with Crippen molar-refractivity contribution in [2.45, 2.75) is 31.6 Å². The highest BCUT2D eigenvalue weighted by Crippen LogP contribution is 2.13. The third kappa shape index (κ3) is 5.90. The summed E-state index contributed by atoms with van der Waals surface area (Å²) < 4.78 is 26.3. The van der Waals surface area contributed by atoms with Crippen LogP contribution in [0, 0.1) is 0 Å². The summed E-state index contributed by atoms with van der Waals surface area (Å²) in [5.41, 5.74) is 0.941. The number of hydrogen-bond acceptors (Lipinski definition) is 4. The van der Waals surface area contributed by atoms with Crippen LogP contribution >= 0.6 is 0 Å². The van der Waals surface area contributed by atoms with Gasteiger partial charge in [-0.15, -0.1) is 0 Å². The second kappa shape index (κ2) is 8.94. The molecular weight excluding hydrogens is 274 g/mol. The number of hydrogen-bond donors (Lipinski definition) is 3. The van der Waals surface area contributed by atoms with Crippen molar-refractivity contribution >= 4 is 15.7 Å². The molecule has 0 spiro atoms. The van der Waals surface area contributed by atoms with E-state index < -0.39 is 10.0 Å². The Labute approximate surface area is 122 Å². The first-order valence-electron chi connectivity index (χ1n) is 7.14. The average molecular weight is 299 g/mol. The molecule has 0 radical (unpaired) electrons. The SMILES string of the molecule is CCCNS(=O)(=O)c1ccc(NCCCNCC)cc1. The van der Waals surface area contributed by atoms with Gasteiger partial charge in [-0.25, -0.2) is 13.1 Å². The van der Waals surface area contributed by atoms with Gasteiger partial charge in [-0.3, -0.25) is 0 Å². The number of nitrogens with one attached hydrogen (secondary N) is 3. The lowest BCUT2D eigenvalue weighted by atomic mass is 10.3. The van der Waals surface area contributed by atoms with Crippen LogP contribution in [0.5, 0.6) is 0 Å². The predicted molar refractivity (Wildman–Crippen MR) is 83.6 cm³/mol. The minimum Gasteiger partial charge on any atom is -0.385 e. The highest BCUT2D eigenvalue weighted by Gasteiger charge is 2.12. The number of sulfonamides is 1. The summed E-state index contributed by atoms with van der Waals surface area (Å²) in [5, 5.41) is 6.53. The Kier molecular flexibility index (Phi) is 7.58. The molecule has 0 aliphatic rings. The van der Waals surface area contributed by atoms with E-state index in [2.05, 4.69) is 22.3 Å². The molecule has 1 aromatic rings. The van der Waals surface area contributed by atoms with Gasteiger partial charge < -0.3 is 10.6 Å². The van der Waals surface area contributed by atoms with Gasteiger partial charge in [0.1, 0.15) is 0 Å². The summed E-state index contributed by atoms with van der Waals surface area (Å²) in [7, 11) is -3.36. The Morgan fingerprint density at radius 3 is 2.30 bits per heavy atom. The molecule has 1 aromatic carbocycles. The summed E-state index contributed by atoms with van der Waals surface area (Å²) in [6.45, 7) is 7.32. The van der Waals surface area contributed by atoms with Crippen LogP contribution in [0.15, 0.2) is 29.2 Å². The normalized spacial score (nSPS) is 11.5. The highest BCUT2D eigenvalue weighted by molar-refractivity contribution is 7.89. The van der Waals surface area contributed by atoms with E-state index in [1.54, 1.807) is 24.3 Å². The van der Waals surface area contributed by atoms with Crippen molar-refractivity contribution in [3.63, 3.8) is 0 Å². The summed E-state index contributed by atoms with van der Waals surface area (Å²) in [5.74, 6) is 0. The molecule has 114 valence electrons. The lowest BCUT2D eigenvalue weighted by Crippen LogP contribution is -2.24. The molecule has 0 amide bonds. The quantitative estimate of drug-likeness (QED) is 0.576. The van der Waals surface area contributed by atoms with Crippen LogP contribution in [0.2, 0.25) is 0 Å². The summed E-state index contributed by atoms with van der Waals surface area (Å²) >= 11 is 0. The molecule has 0 atom stereocenters. The van der Waals surface area contributed by atoms with Crippen LogP contribution in [-0.4, -0.2) is 34.6 Å². The molecule has 3 N–H and O–H groups in total. The highest BCUT2D eigenvalue weighted by atomic mass is 32.2. The van der Waals surface area contributed by atoms with Crippen LogP contribution in [0.3, 0.4) is 0 Å². The Balaban J connectivity index is 2.47. The van der Waals surface area contributed by atoms with Gasteiger partial charge in [0.25, 0.3) is 0 Å². The second-order valence-corrected chi connectivity index (χ2v) is 6.32. The fourth-order valence-electron chi connectivity index (χ4n) is 1.69. The van der Waals surface area contributed by atoms with E-state index in [0.717, 1.165) is 38.2 Å². The third-order valence-corrected chi connectivity index (χ3v) is 4.29. The molecule has 0 fully saturated rings. The van der Waals surface area contributed by atoms with Crippen molar-refractivity contribution in [3.05, 3.63) is 24.3 Å². The molecular formula is C14H25N3O2S. The van der Waals surface area contributed by atoms with E-state index in [9.17, 15) is 8.42 Å². The van der Waals surface area contributed by atoms with Crippen molar-refractivity contribution in [3.8, 4) is 0 Å². The topological polar surface area (TPSA) is 70.2 Å². The van der Waals surface area contributed by atoms with Gasteiger partial charge in [-0.2, -0.15) is 0 Å². The minimum absolute atomic E-state index is 0.309. The first kappa shape index (κ1) is 16.9. The van der Waals surface area contributed by atoms with Crippen LogP contribution in [0.1, 0.15) is 26.7 Å². The van der Waals surface area contributed by atoms with Crippen molar-refractivity contribution in [2.24, 2.45) is 0 Å². The molecule has 20 heavy (non-hydrogen) atoms. The lowest BCUT2D eigenvalue weighted by Gasteiger charge is -2.09. The summed E-state index contributed by atoms with van der Waals surface area (Å²) in [6.07, 6.45) is 1.82. The molecule has 0 aliphatic carbocycles. The van der Waals surface area contributed by atoms with Crippen molar-refractivity contribution in [2.75, 3.05) is 31.5 Å². The van der Waals surface area contributed by atoms with E-state index in [0.29, 0.717) is 11.4 Å². The molecule has 0 saturated heterocycles. The van der Waals surface area contributed by atoms with Gasteiger partial charge in [0.15, 0.2) is 0 Å². The van der Waals surface area contributed by atoms with E-state index in [1.807, 2.05) is 6.92 Å². The molecule has 0 saturated carbocycles. The summed E-state index contributed by atoms with van der Waals surface area (Å²) in [4.78, 5) is 0.309. The molecule has 6 heteroatoms. The van der Waals surface area contributed by atoms with E-state index in [1.165, 1.54) is 0 Å². The molecule has 0 heterocycles. The second-order valence-electron chi connectivity index (χ2n) is 4.56. The first-order chi connectivity index (χ1) is 9.60. The standard InChI is InChI=1S/C14H25N3O2S/c1-3-10-17-20(18,19)14-8-6-13(7-9-14)16-12-5-11-15-4-2/h6-9,15-17H,3-5,10-12H2,1-2H3. The predicted octanol–water partition coefficient (Wildman–Crippen LogP) is 1.79.